The zero-order valence-corrected chi connectivity index (χ0v) is 14.4. The molecule has 9 heteroatoms. The highest BCUT2D eigenvalue weighted by atomic mass is 32.2. The molecular formula is C16H19N3O5S. The highest BCUT2D eigenvalue weighted by molar-refractivity contribution is 7.89. The third kappa shape index (κ3) is 5.44. The van der Waals surface area contributed by atoms with Gasteiger partial charge in [-0.05, 0) is 36.4 Å². The first kappa shape index (κ1) is 18.7. The van der Waals surface area contributed by atoms with Crippen LogP contribution in [0.1, 0.15) is 23.0 Å². The van der Waals surface area contributed by atoms with Gasteiger partial charge in [0.1, 0.15) is 5.76 Å². The molecule has 0 aliphatic heterocycles. The molecular weight excluding hydrogens is 346 g/mol. The molecule has 25 heavy (non-hydrogen) atoms. The number of sulfonamides is 1. The number of benzene rings is 1. The maximum atomic E-state index is 12.0. The van der Waals surface area contributed by atoms with Gasteiger partial charge in [0.25, 0.3) is 5.91 Å². The lowest BCUT2D eigenvalue weighted by Gasteiger charge is -2.07. The van der Waals surface area contributed by atoms with Crippen LogP contribution < -0.4 is 15.4 Å². The molecule has 1 aromatic carbocycles. The van der Waals surface area contributed by atoms with E-state index in [0.29, 0.717) is 5.76 Å². The number of furan rings is 1. The Morgan fingerprint density at radius 2 is 1.80 bits per heavy atom. The Morgan fingerprint density at radius 3 is 2.40 bits per heavy atom. The molecule has 2 aromatic rings. The van der Waals surface area contributed by atoms with E-state index in [1.807, 2.05) is 0 Å². The van der Waals surface area contributed by atoms with Crippen molar-refractivity contribution in [3.05, 3.63) is 54.0 Å². The second kappa shape index (κ2) is 8.45. The predicted molar refractivity (Wildman–Crippen MR) is 90.2 cm³/mol. The molecule has 1 aromatic heterocycles. The molecule has 8 nitrogen and oxygen atoms in total. The number of amides is 2. The lowest BCUT2D eigenvalue weighted by Crippen LogP contribution is -2.36. The summed E-state index contributed by atoms with van der Waals surface area (Å²) in [5, 5.41) is 5.07. The summed E-state index contributed by atoms with van der Waals surface area (Å²) in [6, 6.07) is 8.89. The van der Waals surface area contributed by atoms with Gasteiger partial charge in [-0.1, -0.05) is 6.92 Å². The normalized spacial score (nSPS) is 11.1. The second-order valence-electron chi connectivity index (χ2n) is 5.06. The average Bonchev–Trinajstić information content (AvgIpc) is 3.11. The van der Waals surface area contributed by atoms with E-state index in [-0.39, 0.29) is 36.0 Å². The van der Waals surface area contributed by atoms with Crippen molar-refractivity contribution < 1.29 is 22.4 Å². The van der Waals surface area contributed by atoms with E-state index >= 15 is 0 Å². The van der Waals surface area contributed by atoms with Gasteiger partial charge in [0.2, 0.25) is 15.9 Å². The standard InChI is InChI=1S/C16H19N3O5S/c1-2-19-25(22,23)14-7-5-12(6-8-14)16(21)18-11-15(20)17-10-13-4-3-9-24-13/h3-9,19H,2,10-11H2,1H3,(H,17,20)(H,18,21). The molecule has 0 fully saturated rings. The van der Waals surface area contributed by atoms with E-state index in [2.05, 4.69) is 15.4 Å². The molecule has 0 unspecified atom stereocenters. The Bertz CT molecular complexity index is 814. The molecule has 0 saturated carbocycles. The van der Waals surface area contributed by atoms with Crippen LogP contribution >= 0.6 is 0 Å². The van der Waals surface area contributed by atoms with Crippen molar-refractivity contribution >= 4 is 21.8 Å². The first-order chi connectivity index (χ1) is 11.9. The molecule has 2 rings (SSSR count). The van der Waals surface area contributed by atoms with Crippen LogP contribution in [-0.4, -0.2) is 33.3 Å². The fourth-order valence-electron chi connectivity index (χ4n) is 1.98. The second-order valence-corrected chi connectivity index (χ2v) is 6.83. The van der Waals surface area contributed by atoms with Gasteiger partial charge in [-0.25, -0.2) is 13.1 Å². The minimum absolute atomic E-state index is 0.0714. The largest absolute Gasteiger partial charge is 0.467 e. The fraction of sp³-hybridized carbons (Fsp3) is 0.250. The van der Waals surface area contributed by atoms with Crippen LogP contribution in [0, 0.1) is 0 Å². The van der Waals surface area contributed by atoms with E-state index < -0.39 is 15.9 Å². The zero-order valence-electron chi connectivity index (χ0n) is 13.6. The highest BCUT2D eigenvalue weighted by Gasteiger charge is 2.14. The Morgan fingerprint density at radius 1 is 1.08 bits per heavy atom. The Kier molecular flexibility index (Phi) is 6.31. The van der Waals surface area contributed by atoms with E-state index in [1.165, 1.54) is 30.5 Å². The van der Waals surface area contributed by atoms with Gasteiger partial charge < -0.3 is 15.1 Å². The molecule has 1 heterocycles. The van der Waals surface area contributed by atoms with Crippen molar-refractivity contribution in [3.8, 4) is 0 Å². The van der Waals surface area contributed by atoms with Crippen LogP contribution in [-0.2, 0) is 21.4 Å². The van der Waals surface area contributed by atoms with Crippen molar-refractivity contribution in [2.24, 2.45) is 0 Å². The molecule has 0 aliphatic rings. The Hall–Kier alpha value is -2.65. The van der Waals surface area contributed by atoms with Gasteiger partial charge in [-0.15, -0.1) is 0 Å². The van der Waals surface area contributed by atoms with Crippen LogP contribution in [0.4, 0.5) is 0 Å². The number of carbonyl (C=O) groups excluding carboxylic acids is 2. The molecule has 0 atom stereocenters. The van der Waals surface area contributed by atoms with E-state index in [9.17, 15) is 18.0 Å². The van der Waals surface area contributed by atoms with Gasteiger partial charge in [-0.3, -0.25) is 9.59 Å². The Balaban J connectivity index is 1.85. The van der Waals surface area contributed by atoms with Crippen molar-refractivity contribution in [1.29, 1.82) is 0 Å². The molecule has 0 spiro atoms. The summed E-state index contributed by atoms with van der Waals surface area (Å²) in [6.45, 7) is 1.99. The summed E-state index contributed by atoms with van der Waals surface area (Å²) < 4.78 is 31.1. The first-order valence-corrected chi connectivity index (χ1v) is 9.07. The molecule has 134 valence electrons. The van der Waals surface area contributed by atoms with Crippen LogP contribution in [0.3, 0.4) is 0 Å². The van der Waals surface area contributed by atoms with E-state index in [0.717, 1.165) is 0 Å². The smallest absolute Gasteiger partial charge is 0.251 e. The number of hydrogen-bond acceptors (Lipinski definition) is 5. The SMILES string of the molecule is CCNS(=O)(=O)c1ccc(C(=O)NCC(=O)NCc2ccco2)cc1. The first-order valence-electron chi connectivity index (χ1n) is 7.59. The van der Waals surface area contributed by atoms with Crippen molar-refractivity contribution in [1.82, 2.24) is 15.4 Å². The van der Waals surface area contributed by atoms with Gasteiger partial charge in [0.05, 0.1) is 24.2 Å². The number of carbonyl (C=O) groups is 2. The predicted octanol–water partition coefficient (Wildman–Crippen LogP) is 0.624. The van der Waals surface area contributed by atoms with E-state index in [1.54, 1.807) is 19.1 Å². The van der Waals surface area contributed by atoms with Crippen LogP contribution in [0.5, 0.6) is 0 Å². The lowest BCUT2D eigenvalue weighted by molar-refractivity contribution is -0.120. The minimum atomic E-state index is -3.56. The van der Waals surface area contributed by atoms with Crippen molar-refractivity contribution in [2.75, 3.05) is 13.1 Å². The van der Waals surface area contributed by atoms with Gasteiger partial charge in [0, 0.05) is 12.1 Å². The van der Waals surface area contributed by atoms with Gasteiger partial charge >= 0.3 is 0 Å². The summed E-state index contributed by atoms with van der Waals surface area (Å²) in [7, 11) is -3.56. The summed E-state index contributed by atoms with van der Waals surface area (Å²) in [6.07, 6.45) is 1.50. The molecule has 2 amide bonds. The monoisotopic (exact) mass is 365 g/mol. The summed E-state index contributed by atoms with van der Waals surface area (Å²) in [5.41, 5.74) is 0.259. The Labute approximate surface area is 145 Å². The molecule has 0 bridgehead atoms. The number of nitrogens with one attached hydrogen (secondary N) is 3. The maximum Gasteiger partial charge on any atom is 0.251 e. The minimum Gasteiger partial charge on any atom is -0.467 e. The average molecular weight is 365 g/mol. The number of hydrogen-bond donors (Lipinski definition) is 3. The molecule has 0 radical (unpaired) electrons. The molecule has 0 aliphatic carbocycles. The lowest BCUT2D eigenvalue weighted by atomic mass is 10.2. The summed E-state index contributed by atoms with van der Waals surface area (Å²) in [4.78, 5) is 23.7. The zero-order chi connectivity index (χ0) is 18.3. The summed E-state index contributed by atoms with van der Waals surface area (Å²) >= 11 is 0. The van der Waals surface area contributed by atoms with Gasteiger partial charge in [-0.2, -0.15) is 0 Å². The maximum absolute atomic E-state index is 12.0. The fourth-order valence-corrected chi connectivity index (χ4v) is 3.02. The quantitative estimate of drug-likeness (QED) is 0.634. The van der Waals surface area contributed by atoms with E-state index in [4.69, 9.17) is 4.42 Å². The van der Waals surface area contributed by atoms with Crippen LogP contribution in [0.25, 0.3) is 0 Å². The number of rotatable bonds is 8. The topological polar surface area (TPSA) is 118 Å². The third-order valence-corrected chi connectivity index (χ3v) is 4.77. The molecule has 3 N–H and O–H groups in total. The molecule has 0 saturated heterocycles. The van der Waals surface area contributed by atoms with Crippen LogP contribution in [0.15, 0.2) is 52.0 Å². The van der Waals surface area contributed by atoms with Crippen molar-refractivity contribution in [2.45, 2.75) is 18.4 Å². The van der Waals surface area contributed by atoms with Crippen LogP contribution in [0.2, 0.25) is 0 Å². The van der Waals surface area contributed by atoms with Crippen molar-refractivity contribution in [3.63, 3.8) is 0 Å². The summed E-state index contributed by atoms with van der Waals surface area (Å²) in [5.74, 6) is -0.228. The third-order valence-electron chi connectivity index (χ3n) is 3.21. The van der Waals surface area contributed by atoms with Gasteiger partial charge in [0.15, 0.2) is 0 Å². The highest BCUT2D eigenvalue weighted by Crippen LogP contribution is 2.10.